The molecule has 1 aromatic rings. The zero-order valence-corrected chi connectivity index (χ0v) is 11.5. The topological polar surface area (TPSA) is 26.3 Å². The van der Waals surface area contributed by atoms with Crippen LogP contribution in [-0.4, -0.2) is 21.7 Å². The fourth-order valence-corrected chi connectivity index (χ4v) is 3.55. The molecule has 0 heterocycles. The molecule has 17 heavy (non-hydrogen) atoms. The molecule has 1 aromatic carbocycles. The van der Waals surface area contributed by atoms with Gasteiger partial charge in [-0.2, -0.15) is 0 Å². The second-order valence-electron chi connectivity index (χ2n) is 4.30. The molecule has 0 atom stereocenters. The van der Waals surface area contributed by atoms with Gasteiger partial charge in [0.2, 0.25) is 0 Å². The largest absolute Gasteiger partial charge is 0.513 e. The maximum Gasteiger partial charge on any atom is 0.345 e. The molecular formula is C13H15O2SSi. The molecule has 1 aliphatic carbocycles. The summed E-state index contributed by atoms with van der Waals surface area (Å²) < 4.78 is 4.54. The lowest BCUT2D eigenvalue weighted by Gasteiger charge is -2.21. The van der Waals surface area contributed by atoms with E-state index in [0.29, 0.717) is 10.8 Å². The van der Waals surface area contributed by atoms with Gasteiger partial charge in [0, 0.05) is 10.1 Å². The van der Waals surface area contributed by atoms with Gasteiger partial charge in [-0.1, -0.05) is 25.3 Å². The van der Waals surface area contributed by atoms with Crippen LogP contribution >= 0.6 is 11.8 Å². The van der Waals surface area contributed by atoms with Crippen molar-refractivity contribution in [3.8, 4) is 0 Å². The molecule has 0 aromatic heterocycles. The van der Waals surface area contributed by atoms with Crippen LogP contribution in [0.4, 0.5) is 0 Å². The molecule has 0 N–H and O–H groups in total. The molecule has 2 rings (SSSR count). The second-order valence-corrected chi connectivity index (χ2v) is 5.87. The first-order valence-corrected chi connectivity index (χ1v) is 7.23. The third-order valence-electron chi connectivity index (χ3n) is 3.02. The van der Waals surface area contributed by atoms with E-state index < -0.39 is 0 Å². The molecule has 0 spiro atoms. The van der Waals surface area contributed by atoms with Crippen molar-refractivity contribution >= 4 is 28.2 Å². The first-order chi connectivity index (χ1) is 8.29. The summed E-state index contributed by atoms with van der Waals surface area (Å²) in [4.78, 5) is 12.5. The molecule has 3 radical (unpaired) electrons. The van der Waals surface area contributed by atoms with Crippen LogP contribution in [0.3, 0.4) is 0 Å². The Morgan fingerprint density at radius 1 is 1.29 bits per heavy atom. The normalized spacial score (nSPS) is 16.8. The van der Waals surface area contributed by atoms with Crippen LogP contribution in [0.25, 0.3) is 0 Å². The van der Waals surface area contributed by atoms with Gasteiger partial charge in [-0.15, -0.1) is 11.8 Å². The van der Waals surface area contributed by atoms with Crippen molar-refractivity contribution in [2.24, 2.45) is 0 Å². The quantitative estimate of drug-likeness (QED) is 0.782. The van der Waals surface area contributed by atoms with E-state index >= 15 is 0 Å². The van der Waals surface area contributed by atoms with Crippen molar-refractivity contribution in [3.63, 3.8) is 0 Å². The van der Waals surface area contributed by atoms with Crippen LogP contribution < -0.4 is 0 Å². The van der Waals surface area contributed by atoms with E-state index in [0.717, 1.165) is 4.90 Å². The van der Waals surface area contributed by atoms with Crippen molar-refractivity contribution in [1.82, 2.24) is 0 Å². The highest BCUT2D eigenvalue weighted by atomic mass is 32.2. The number of hydrogen-bond acceptors (Lipinski definition) is 3. The summed E-state index contributed by atoms with van der Waals surface area (Å²) in [7, 11) is 2.77. The Labute approximate surface area is 110 Å². The Morgan fingerprint density at radius 2 is 2.06 bits per heavy atom. The molecule has 4 heteroatoms. The summed E-state index contributed by atoms with van der Waals surface area (Å²) in [5.41, 5.74) is 0.598. The highest BCUT2D eigenvalue weighted by Crippen LogP contribution is 2.33. The van der Waals surface area contributed by atoms with E-state index in [9.17, 15) is 4.79 Å². The van der Waals surface area contributed by atoms with E-state index in [4.69, 9.17) is 0 Å². The van der Waals surface area contributed by atoms with Crippen molar-refractivity contribution in [2.45, 2.75) is 42.2 Å². The molecule has 0 saturated heterocycles. The molecule has 0 amide bonds. The predicted octanol–water partition coefficient (Wildman–Crippen LogP) is 3.35. The van der Waals surface area contributed by atoms with E-state index in [1.54, 1.807) is 6.07 Å². The number of carbonyl (C=O) groups is 1. The first-order valence-electron chi connectivity index (χ1n) is 5.94. The maximum atomic E-state index is 11.4. The average Bonchev–Trinajstić information content (AvgIpc) is 2.39. The van der Waals surface area contributed by atoms with E-state index in [-0.39, 0.29) is 5.97 Å². The van der Waals surface area contributed by atoms with Crippen LogP contribution in [0, 0.1) is 0 Å². The minimum Gasteiger partial charge on any atom is -0.513 e. The number of benzene rings is 1. The predicted molar refractivity (Wildman–Crippen MR) is 70.3 cm³/mol. The number of thioether (sulfide) groups is 1. The molecule has 1 fully saturated rings. The Bertz CT molecular complexity index is 389. The summed E-state index contributed by atoms with van der Waals surface area (Å²) >= 11 is 1.88. The zero-order chi connectivity index (χ0) is 12.1. The lowest BCUT2D eigenvalue weighted by molar-refractivity contribution is 0.0749. The fraction of sp³-hybridized carbons (Fsp3) is 0.462. The van der Waals surface area contributed by atoms with Crippen LogP contribution in [0.2, 0.25) is 0 Å². The lowest BCUT2D eigenvalue weighted by Crippen LogP contribution is -2.08. The molecular weight excluding hydrogens is 248 g/mol. The summed E-state index contributed by atoms with van der Waals surface area (Å²) in [6, 6.07) is 7.64. The maximum absolute atomic E-state index is 11.4. The molecule has 89 valence electrons. The average molecular weight is 263 g/mol. The molecule has 0 bridgehead atoms. The molecule has 2 nitrogen and oxygen atoms in total. The van der Waals surface area contributed by atoms with E-state index in [2.05, 4.69) is 21.0 Å². The number of carbonyl (C=O) groups excluding carboxylic acids is 1. The standard InChI is InChI=1S/C13H15O2SSi/c14-13(15-17)10-5-4-8-12(9-10)16-11-6-2-1-3-7-11/h4-5,8-9,11H,1-3,6-7H2. The highest BCUT2D eigenvalue weighted by Gasteiger charge is 2.15. The van der Waals surface area contributed by atoms with Crippen LogP contribution in [-0.2, 0) is 4.43 Å². The Morgan fingerprint density at radius 3 is 2.76 bits per heavy atom. The Hall–Kier alpha value is -0.743. The van der Waals surface area contributed by atoms with Gasteiger partial charge in [-0.25, -0.2) is 4.79 Å². The minimum atomic E-state index is -0.340. The van der Waals surface area contributed by atoms with Gasteiger partial charge >= 0.3 is 16.5 Å². The van der Waals surface area contributed by atoms with Crippen molar-refractivity contribution < 1.29 is 9.22 Å². The Balaban J connectivity index is 2.02. The first kappa shape index (κ1) is 12.7. The summed E-state index contributed by atoms with van der Waals surface area (Å²) in [6.45, 7) is 0. The van der Waals surface area contributed by atoms with Crippen LogP contribution in [0.5, 0.6) is 0 Å². The zero-order valence-electron chi connectivity index (χ0n) is 9.65. The van der Waals surface area contributed by atoms with Gasteiger partial charge < -0.3 is 4.43 Å². The van der Waals surface area contributed by atoms with Gasteiger partial charge in [0.25, 0.3) is 0 Å². The lowest BCUT2D eigenvalue weighted by atomic mass is 10.0. The highest BCUT2D eigenvalue weighted by molar-refractivity contribution is 8.00. The molecule has 0 aliphatic heterocycles. The van der Waals surface area contributed by atoms with E-state index in [1.165, 1.54) is 32.1 Å². The van der Waals surface area contributed by atoms with Gasteiger partial charge in [0.1, 0.15) is 0 Å². The number of rotatable bonds is 3. The monoisotopic (exact) mass is 263 g/mol. The smallest absolute Gasteiger partial charge is 0.345 e. The fourth-order valence-electron chi connectivity index (χ4n) is 2.13. The molecule has 1 saturated carbocycles. The SMILES string of the molecule is O=C(O[Si])c1cccc(SC2CCCCC2)c1. The Kier molecular flexibility index (Phi) is 4.68. The number of hydrogen-bond donors (Lipinski definition) is 0. The third kappa shape index (κ3) is 3.61. The summed E-state index contributed by atoms with van der Waals surface area (Å²) in [5.74, 6) is -0.340. The molecule has 1 aliphatic rings. The van der Waals surface area contributed by atoms with Crippen molar-refractivity contribution in [1.29, 1.82) is 0 Å². The third-order valence-corrected chi connectivity index (χ3v) is 4.53. The summed E-state index contributed by atoms with van der Waals surface area (Å²) in [5, 5.41) is 0.707. The second kappa shape index (κ2) is 6.26. The minimum absolute atomic E-state index is 0.340. The van der Waals surface area contributed by atoms with E-state index in [1.807, 2.05) is 23.9 Å². The van der Waals surface area contributed by atoms with Gasteiger partial charge in [-0.3, -0.25) is 0 Å². The van der Waals surface area contributed by atoms with Gasteiger partial charge in [0.05, 0.1) is 5.56 Å². The van der Waals surface area contributed by atoms with Crippen LogP contribution in [0.15, 0.2) is 29.2 Å². The van der Waals surface area contributed by atoms with Gasteiger partial charge in [-0.05, 0) is 31.0 Å². The van der Waals surface area contributed by atoms with Gasteiger partial charge in [0.15, 0.2) is 0 Å². The summed E-state index contributed by atoms with van der Waals surface area (Å²) in [6.07, 6.45) is 6.61. The van der Waals surface area contributed by atoms with Crippen molar-refractivity contribution in [3.05, 3.63) is 29.8 Å². The van der Waals surface area contributed by atoms with Crippen LogP contribution in [0.1, 0.15) is 42.5 Å². The van der Waals surface area contributed by atoms with Crippen molar-refractivity contribution in [2.75, 3.05) is 0 Å². The molecule has 0 unspecified atom stereocenters.